The summed E-state index contributed by atoms with van der Waals surface area (Å²) in [6, 6.07) is 7.66. The van der Waals surface area contributed by atoms with Crippen molar-refractivity contribution >= 4 is 11.6 Å². The molecule has 0 spiro atoms. The summed E-state index contributed by atoms with van der Waals surface area (Å²) in [6.45, 7) is 4.08. The third-order valence-corrected chi connectivity index (χ3v) is 2.70. The van der Waals surface area contributed by atoms with Gasteiger partial charge in [-0.25, -0.2) is 0 Å². The number of nitrogens with one attached hydrogen (secondary N) is 1. The second kappa shape index (κ2) is 5.80. The zero-order valence-corrected chi connectivity index (χ0v) is 10.6. The molecule has 4 nitrogen and oxygen atoms in total. The topological polar surface area (TPSA) is 64.3 Å². The normalized spacial score (nSPS) is 11.3. The number of nitrogens with two attached hydrogens (primary N) is 1. The summed E-state index contributed by atoms with van der Waals surface area (Å²) in [7, 11) is 1.52. The molecule has 0 unspecified atom stereocenters. The van der Waals surface area contributed by atoms with Crippen LogP contribution in [-0.4, -0.2) is 25.2 Å². The lowest BCUT2D eigenvalue weighted by Gasteiger charge is -2.21. The molecule has 1 aromatic rings. The maximum Gasteiger partial charge on any atom is 0.256 e. The fraction of sp³-hybridized carbons (Fsp3) is 0.462. The number of carbonyl (C=O) groups is 1. The number of carbonyl (C=O) groups excluding carboxylic acids is 1. The van der Waals surface area contributed by atoms with Gasteiger partial charge in [0.2, 0.25) is 0 Å². The molecule has 0 fully saturated rings. The van der Waals surface area contributed by atoms with Crippen LogP contribution in [0.1, 0.15) is 19.4 Å². The van der Waals surface area contributed by atoms with Crippen LogP contribution < -0.4 is 11.1 Å². The molecule has 0 bridgehead atoms. The van der Waals surface area contributed by atoms with Crippen LogP contribution in [-0.2, 0) is 16.0 Å². The second-order valence-corrected chi connectivity index (χ2v) is 4.40. The average Bonchev–Trinajstić information content (AvgIpc) is 2.32. The van der Waals surface area contributed by atoms with E-state index in [1.54, 1.807) is 13.8 Å². The number of hydrogen-bond donors (Lipinski definition) is 2. The summed E-state index contributed by atoms with van der Waals surface area (Å²) in [5.74, 6) is -0.161. The first kappa shape index (κ1) is 13.7. The number of rotatable bonds is 5. The van der Waals surface area contributed by atoms with Crippen LogP contribution in [0.3, 0.4) is 0 Å². The second-order valence-electron chi connectivity index (χ2n) is 4.40. The highest BCUT2D eigenvalue weighted by Gasteiger charge is 2.26. The van der Waals surface area contributed by atoms with E-state index in [-0.39, 0.29) is 5.91 Å². The Morgan fingerprint density at radius 2 is 1.94 bits per heavy atom. The van der Waals surface area contributed by atoms with E-state index in [0.29, 0.717) is 6.54 Å². The Labute approximate surface area is 102 Å². The molecule has 0 radical (unpaired) electrons. The van der Waals surface area contributed by atoms with Crippen molar-refractivity contribution in [3.8, 4) is 0 Å². The molecule has 0 atom stereocenters. The van der Waals surface area contributed by atoms with Gasteiger partial charge in [0.15, 0.2) is 0 Å². The molecule has 0 aliphatic carbocycles. The molecule has 3 N–H and O–H groups in total. The average molecular weight is 236 g/mol. The Kier molecular flexibility index (Phi) is 4.66. The van der Waals surface area contributed by atoms with E-state index >= 15 is 0 Å². The van der Waals surface area contributed by atoms with Gasteiger partial charge in [0, 0.05) is 12.8 Å². The van der Waals surface area contributed by atoms with Crippen LogP contribution in [0, 0.1) is 0 Å². The van der Waals surface area contributed by atoms with Gasteiger partial charge in [-0.05, 0) is 44.5 Å². The first-order valence-electron chi connectivity index (χ1n) is 5.65. The van der Waals surface area contributed by atoms with Gasteiger partial charge >= 0.3 is 0 Å². The molecule has 94 valence electrons. The van der Waals surface area contributed by atoms with Crippen LogP contribution in [0.25, 0.3) is 0 Å². The Morgan fingerprint density at radius 1 is 1.35 bits per heavy atom. The van der Waals surface area contributed by atoms with Crippen LogP contribution in [0.5, 0.6) is 0 Å². The van der Waals surface area contributed by atoms with E-state index in [1.807, 2.05) is 24.3 Å². The SMILES string of the molecule is COC(C)(C)C(=O)Nc1ccc(CCN)cc1. The molecule has 1 amide bonds. The van der Waals surface area contributed by atoms with Crippen molar-refractivity contribution in [2.45, 2.75) is 25.9 Å². The summed E-state index contributed by atoms with van der Waals surface area (Å²) in [4.78, 5) is 11.8. The highest BCUT2D eigenvalue weighted by molar-refractivity contribution is 5.96. The Bertz CT molecular complexity index is 372. The van der Waals surface area contributed by atoms with Gasteiger partial charge in [0.05, 0.1) is 0 Å². The monoisotopic (exact) mass is 236 g/mol. The number of anilines is 1. The third-order valence-electron chi connectivity index (χ3n) is 2.70. The molecule has 0 aliphatic rings. The molecule has 1 aromatic carbocycles. The summed E-state index contributed by atoms with van der Waals surface area (Å²) in [5.41, 5.74) is 6.57. The highest BCUT2D eigenvalue weighted by atomic mass is 16.5. The van der Waals surface area contributed by atoms with Crippen molar-refractivity contribution in [1.82, 2.24) is 0 Å². The predicted octanol–water partition coefficient (Wildman–Crippen LogP) is 1.55. The van der Waals surface area contributed by atoms with Crippen LogP contribution in [0.4, 0.5) is 5.69 Å². The van der Waals surface area contributed by atoms with Crippen molar-refractivity contribution in [3.05, 3.63) is 29.8 Å². The first-order chi connectivity index (χ1) is 7.99. The lowest BCUT2D eigenvalue weighted by Crippen LogP contribution is -2.38. The van der Waals surface area contributed by atoms with Crippen LogP contribution in [0.15, 0.2) is 24.3 Å². The number of benzene rings is 1. The van der Waals surface area contributed by atoms with Gasteiger partial charge in [0.25, 0.3) is 5.91 Å². The molecular formula is C13H20N2O2. The van der Waals surface area contributed by atoms with E-state index in [1.165, 1.54) is 7.11 Å². The smallest absolute Gasteiger partial charge is 0.256 e. The van der Waals surface area contributed by atoms with Crippen molar-refractivity contribution < 1.29 is 9.53 Å². The van der Waals surface area contributed by atoms with Crippen LogP contribution >= 0.6 is 0 Å². The van der Waals surface area contributed by atoms with E-state index in [9.17, 15) is 4.79 Å². The fourth-order valence-electron chi connectivity index (χ4n) is 1.30. The van der Waals surface area contributed by atoms with Crippen molar-refractivity contribution in [1.29, 1.82) is 0 Å². The van der Waals surface area contributed by atoms with Crippen molar-refractivity contribution in [3.63, 3.8) is 0 Å². The number of amides is 1. The zero-order valence-electron chi connectivity index (χ0n) is 10.6. The largest absolute Gasteiger partial charge is 0.369 e. The molecule has 17 heavy (non-hydrogen) atoms. The molecule has 0 aromatic heterocycles. The molecule has 0 heterocycles. The summed E-state index contributed by atoms with van der Waals surface area (Å²) >= 11 is 0. The lowest BCUT2D eigenvalue weighted by atomic mass is 10.1. The van der Waals surface area contributed by atoms with Gasteiger partial charge in [-0.2, -0.15) is 0 Å². The molecule has 0 saturated carbocycles. The van der Waals surface area contributed by atoms with Gasteiger partial charge < -0.3 is 15.8 Å². The Hall–Kier alpha value is -1.39. The molecular weight excluding hydrogens is 216 g/mol. The van der Waals surface area contributed by atoms with Gasteiger partial charge in [-0.3, -0.25) is 4.79 Å². The summed E-state index contributed by atoms with van der Waals surface area (Å²) in [5, 5.41) is 2.81. The van der Waals surface area contributed by atoms with E-state index in [4.69, 9.17) is 10.5 Å². The van der Waals surface area contributed by atoms with Crippen molar-refractivity contribution in [2.75, 3.05) is 19.0 Å². The van der Waals surface area contributed by atoms with E-state index in [2.05, 4.69) is 5.32 Å². The fourth-order valence-corrected chi connectivity index (χ4v) is 1.30. The number of ether oxygens (including phenoxy) is 1. The quantitative estimate of drug-likeness (QED) is 0.815. The Morgan fingerprint density at radius 3 is 2.41 bits per heavy atom. The van der Waals surface area contributed by atoms with Gasteiger partial charge in [-0.1, -0.05) is 12.1 Å². The predicted molar refractivity (Wildman–Crippen MR) is 68.9 cm³/mol. The maximum atomic E-state index is 11.8. The van der Waals surface area contributed by atoms with E-state index < -0.39 is 5.60 Å². The summed E-state index contributed by atoms with van der Waals surface area (Å²) < 4.78 is 5.11. The van der Waals surface area contributed by atoms with Gasteiger partial charge in [0.1, 0.15) is 5.60 Å². The molecule has 0 aliphatic heterocycles. The van der Waals surface area contributed by atoms with Crippen LogP contribution in [0.2, 0.25) is 0 Å². The Balaban J connectivity index is 2.66. The van der Waals surface area contributed by atoms with Crippen molar-refractivity contribution in [2.24, 2.45) is 5.73 Å². The van der Waals surface area contributed by atoms with Gasteiger partial charge in [-0.15, -0.1) is 0 Å². The minimum Gasteiger partial charge on any atom is -0.369 e. The van der Waals surface area contributed by atoms with E-state index in [0.717, 1.165) is 17.7 Å². The highest BCUT2D eigenvalue weighted by Crippen LogP contribution is 2.14. The molecule has 1 rings (SSSR count). The maximum absolute atomic E-state index is 11.8. The standard InChI is InChI=1S/C13H20N2O2/c1-13(2,17-3)12(16)15-11-6-4-10(5-7-11)8-9-14/h4-7H,8-9,14H2,1-3H3,(H,15,16). The summed E-state index contributed by atoms with van der Waals surface area (Å²) in [6.07, 6.45) is 0.845. The molecule has 0 saturated heterocycles. The first-order valence-corrected chi connectivity index (χ1v) is 5.65. The molecule has 4 heteroatoms. The third kappa shape index (κ3) is 3.84. The minimum atomic E-state index is -0.823. The zero-order chi connectivity index (χ0) is 12.9. The lowest BCUT2D eigenvalue weighted by molar-refractivity contribution is -0.133. The number of hydrogen-bond acceptors (Lipinski definition) is 3. The minimum absolute atomic E-state index is 0.161. The number of methoxy groups -OCH3 is 1.